The minimum Gasteiger partial charge on any atom is -0.341 e. The number of hydrogen-bond donors (Lipinski definition) is 1. The average Bonchev–Trinajstić information content (AvgIpc) is 3.35. The Balaban J connectivity index is 1.86. The number of nitrogens with zero attached hydrogens (tertiary/aromatic N) is 3. The van der Waals surface area contributed by atoms with Crippen LogP contribution in [0.15, 0.2) is 41.7 Å². The Morgan fingerprint density at radius 1 is 1.33 bits per heavy atom. The fourth-order valence-electron chi connectivity index (χ4n) is 2.42. The number of nitrogens with one attached hydrogen (secondary N) is 1. The predicted octanol–water partition coefficient (Wildman–Crippen LogP) is 1.17. The highest BCUT2D eigenvalue weighted by Crippen LogP contribution is 2.45. The Morgan fingerprint density at radius 2 is 2.08 bits per heavy atom. The first-order valence-corrected chi connectivity index (χ1v) is 9.09. The lowest BCUT2D eigenvalue weighted by Gasteiger charge is -2.18. The van der Waals surface area contributed by atoms with E-state index in [1.807, 2.05) is 6.07 Å². The quantitative estimate of drug-likeness (QED) is 0.835. The molecule has 24 heavy (non-hydrogen) atoms. The number of hydrogen-bond acceptors (Lipinski definition) is 6. The van der Waals surface area contributed by atoms with Gasteiger partial charge in [-0.05, 0) is 36.6 Å². The van der Waals surface area contributed by atoms with Crippen molar-refractivity contribution in [3.05, 3.63) is 53.3 Å². The third-order valence-electron chi connectivity index (χ3n) is 3.84. The topological polar surface area (TPSA) is 113 Å². The number of benzene rings is 1. The van der Waals surface area contributed by atoms with Crippen LogP contribution in [0.5, 0.6) is 0 Å². The zero-order chi connectivity index (χ0) is 17.4. The molecule has 8 heteroatoms. The van der Waals surface area contributed by atoms with Gasteiger partial charge in [0.1, 0.15) is 5.69 Å². The van der Waals surface area contributed by atoms with Crippen molar-refractivity contribution in [2.24, 2.45) is 0 Å². The average molecular weight is 342 g/mol. The van der Waals surface area contributed by atoms with Gasteiger partial charge in [0.2, 0.25) is 15.0 Å². The van der Waals surface area contributed by atoms with Crippen molar-refractivity contribution in [2.75, 3.05) is 6.26 Å². The van der Waals surface area contributed by atoms with E-state index in [9.17, 15) is 13.2 Å². The second-order valence-electron chi connectivity index (χ2n) is 5.73. The molecule has 1 heterocycles. The van der Waals surface area contributed by atoms with E-state index >= 15 is 0 Å². The molecule has 0 aliphatic heterocycles. The minimum absolute atomic E-state index is 0.00635. The SMILES string of the molecule is CS(=O)(=O)c1nccc(C(=O)NC2(c3cccc(C#N)c3)CC2)n1. The van der Waals surface area contributed by atoms with Crippen molar-refractivity contribution in [1.82, 2.24) is 15.3 Å². The highest BCUT2D eigenvalue weighted by molar-refractivity contribution is 7.90. The maximum absolute atomic E-state index is 12.4. The summed E-state index contributed by atoms with van der Waals surface area (Å²) in [6, 6.07) is 10.5. The van der Waals surface area contributed by atoms with Crippen molar-refractivity contribution in [3.63, 3.8) is 0 Å². The van der Waals surface area contributed by atoms with E-state index in [1.165, 1.54) is 12.3 Å². The molecular formula is C16H14N4O3S. The lowest BCUT2D eigenvalue weighted by molar-refractivity contribution is 0.0924. The van der Waals surface area contributed by atoms with Crippen LogP contribution in [0.4, 0.5) is 0 Å². The Bertz CT molecular complexity index is 959. The van der Waals surface area contributed by atoms with Crippen molar-refractivity contribution in [3.8, 4) is 6.07 Å². The predicted molar refractivity (Wildman–Crippen MR) is 84.7 cm³/mol. The molecule has 1 N–H and O–H groups in total. The standard InChI is InChI=1S/C16H14N4O3S/c1-24(22,23)15-18-8-5-13(19-15)14(21)20-16(6-7-16)12-4-2-3-11(9-12)10-17/h2-5,8-9H,6-7H2,1H3,(H,20,21). The van der Waals surface area contributed by atoms with Gasteiger partial charge in [0.25, 0.3) is 5.91 Å². The fraction of sp³-hybridized carbons (Fsp3) is 0.250. The van der Waals surface area contributed by atoms with Gasteiger partial charge in [-0.15, -0.1) is 0 Å². The molecule has 122 valence electrons. The van der Waals surface area contributed by atoms with Gasteiger partial charge < -0.3 is 5.32 Å². The molecule has 1 aromatic carbocycles. The van der Waals surface area contributed by atoms with E-state index in [4.69, 9.17) is 5.26 Å². The molecule has 0 bridgehead atoms. The van der Waals surface area contributed by atoms with E-state index < -0.39 is 21.3 Å². The van der Waals surface area contributed by atoms with E-state index in [0.29, 0.717) is 5.56 Å². The summed E-state index contributed by atoms with van der Waals surface area (Å²) < 4.78 is 23.0. The maximum atomic E-state index is 12.4. The molecule has 1 aromatic heterocycles. The van der Waals surface area contributed by atoms with Crippen LogP contribution in [-0.2, 0) is 15.4 Å². The summed E-state index contributed by atoms with van der Waals surface area (Å²) in [6.45, 7) is 0. The molecule has 7 nitrogen and oxygen atoms in total. The smallest absolute Gasteiger partial charge is 0.270 e. The molecule has 1 amide bonds. The number of aromatic nitrogens is 2. The fourth-order valence-corrected chi connectivity index (χ4v) is 2.94. The Hall–Kier alpha value is -2.79. The largest absolute Gasteiger partial charge is 0.341 e. The molecule has 2 aromatic rings. The second-order valence-corrected chi connectivity index (χ2v) is 7.63. The van der Waals surface area contributed by atoms with Crippen molar-refractivity contribution < 1.29 is 13.2 Å². The van der Waals surface area contributed by atoms with Gasteiger partial charge in [-0.25, -0.2) is 18.4 Å². The molecule has 0 saturated heterocycles. The highest BCUT2D eigenvalue weighted by Gasteiger charge is 2.46. The number of carbonyl (C=O) groups excluding carboxylic acids is 1. The van der Waals surface area contributed by atoms with E-state index in [1.54, 1.807) is 18.2 Å². The van der Waals surface area contributed by atoms with Gasteiger partial charge in [0, 0.05) is 12.5 Å². The minimum atomic E-state index is -3.59. The van der Waals surface area contributed by atoms with E-state index in [-0.39, 0.29) is 10.9 Å². The van der Waals surface area contributed by atoms with Gasteiger partial charge >= 0.3 is 0 Å². The van der Waals surface area contributed by atoms with Gasteiger partial charge in [-0.2, -0.15) is 5.26 Å². The molecule has 1 aliphatic rings. The lowest BCUT2D eigenvalue weighted by atomic mass is 10.0. The summed E-state index contributed by atoms with van der Waals surface area (Å²) in [5, 5.41) is 11.5. The molecule has 1 aliphatic carbocycles. The van der Waals surface area contributed by atoms with Crippen LogP contribution in [0.25, 0.3) is 0 Å². The Labute approximate surface area is 139 Å². The third-order valence-corrected chi connectivity index (χ3v) is 4.70. The van der Waals surface area contributed by atoms with Crippen LogP contribution >= 0.6 is 0 Å². The normalized spacial score (nSPS) is 15.3. The Kier molecular flexibility index (Phi) is 3.81. The number of carbonyl (C=O) groups is 1. The van der Waals surface area contributed by atoms with Crippen LogP contribution in [0.1, 0.15) is 34.5 Å². The molecule has 1 fully saturated rings. The van der Waals surface area contributed by atoms with Crippen LogP contribution in [-0.4, -0.2) is 30.5 Å². The molecular weight excluding hydrogens is 328 g/mol. The third kappa shape index (κ3) is 3.12. The van der Waals surface area contributed by atoms with Crippen LogP contribution in [0.3, 0.4) is 0 Å². The second kappa shape index (κ2) is 5.69. The first-order chi connectivity index (χ1) is 11.3. The van der Waals surface area contributed by atoms with Crippen molar-refractivity contribution in [2.45, 2.75) is 23.5 Å². The summed E-state index contributed by atoms with van der Waals surface area (Å²) in [5.74, 6) is -0.470. The first kappa shape index (κ1) is 16.1. The highest BCUT2D eigenvalue weighted by atomic mass is 32.2. The maximum Gasteiger partial charge on any atom is 0.270 e. The summed E-state index contributed by atoms with van der Waals surface area (Å²) in [4.78, 5) is 19.9. The summed E-state index contributed by atoms with van der Waals surface area (Å²) >= 11 is 0. The van der Waals surface area contributed by atoms with Gasteiger partial charge in [0.05, 0.1) is 17.2 Å². The first-order valence-electron chi connectivity index (χ1n) is 7.20. The number of rotatable bonds is 4. The molecule has 0 unspecified atom stereocenters. The molecule has 0 radical (unpaired) electrons. The van der Waals surface area contributed by atoms with Crippen LogP contribution in [0.2, 0.25) is 0 Å². The number of amides is 1. The molecule has 0 atom stereocenters. The molecule has 1 saturated carbocycles. The van der Waals surface area contributed by atoms with Gasteiger partial charge in [-0.3, -0.25) is 4.79 Å². The van der Waals surface area contributed by atoms with Crippen molar-refractivity contribution in [1.29, 1.82) is 5.26 Å². The lowest BCUT2D eigenvalue weighted by Crippen LogP contribution is -2.35. The molecule has 3 rings (SSSR count). The van der Waals surface area contributed by atoms with E-state index in [0.717, 1.165) is 24.7 Å². The van der Waals surface area contributed by atoms with Gasteiger partial charge in [0.15, 0.2) is 0 Å². The van der Waals surface area contributed by atoms with Crippen LogP contribution < -0.4 is 5.32 Å². The molecule has 0 spiro atoms. The zero-order valence-electron chi connectivity index (χ0n) is 12.9. The summed E-state index contributed by atoms with van der Waals surface area (Å²) in [5.41, 5.74) is 0.843. The van der Waals surface area contributed by atoms with Crippen molar-refractivity contribution >= 4 is 15.7 Å². The number of sulfone groups is 1. The van der Waals surface area contributed by atoms with Gasteiger partial charge in [-0.1, -0.05) is 12.1 Å². The monoisotopic (exact) mass is 342 g/mol. The zero-order valence-corrected chi connectivity index (χ0v) is 13.7. The van der Waals surface area contributed by atoms with E-state index in [2.05, 4.69) is 21.4 Å². The summed E-state index contributed by atoms with van der Waals surface area (Å²) in [7, 11) is -3.59. The number of nitriles is 1. The summed E-state index contributed by atoms with van der Waals surface area (Å²) in [6.07, 6.45) is 3.73. The van der Waals surface area contributed by atoms with Crippen LogP contribution in [0, 0.1) is 11.3 Å². The Morgan fingerprint density at radius 3 is 2.71 bits per heavy atom.